The van der Waals surface area contributed by atoms with E-state index in [0.717, 1.165) is 37.9 Å². The van der Waals surface area contributed by atoms with E-state index >= 15 is 0 Å². The summed E-state index contributed by atoms with van der Waals surface area (Å²) in [6, 6.07) is 6.84. The maximum atomic E-state index is 6.41. The Bertz CT molecular complexity index is 774. The van der Waals surface area contributed by atoms with E-state index in [1.807, 2.05) is 24.4 Å². The lowest BCUT2D eigenvalue weighted by Gasteiger charge is -2.37. The van der Waals surface area contributed by atoms with Crippen LogP contribution in [0.1, 0.15) is 37.3 Å². The highest BCUT2D eigenvalue weighted by Gasteiger charge is 2.45. The summed E-state index contributed by atoms with van der Waals surface area (Å²) in [6.45, 7) is 6.34. The monoisotopic (exact) mass is 382 g/mol. The van der Waals surface area contributed by atoms with Crippen molar-refractivity contribution >= 4 is 0 Å². The molecule has 5 rings (SSSR count). The summed E-state index contributed by atoms with van der Waals surface area (Å²) in [5.41, 5.74) is 1.20. The maximum absolute atomic E-state index is 6.41. The molecule has 2 aliphatic heterocycles. The topological polar surface area (TPSA) is 52.4 Å². The SMILES string of the molecule is Cc1cnn([C@H]2C[C@H]3CN(C4CCOCC4)C[C@H]3C[C@@H]2Oc2ccccn2)c1. The molecule has 1 saturated carbocycles. The van der Waals surface area contributed by atoms with Gasteiger partial charge >= 0.3 is 0 Å². The first-order chi connectivity index (χ1) is 13.8. The van der Waals surface area contributed by atoms with Crippen LogP contribution in [0.3, 0.4) is 0 Å². The lowest BCUT2D eigenvalue weighted by atomic mass is 9.77. The van der Waals surface area contributed by atoms with Crippen molar-refractivity contribution in [1.29, 1.82) is 0 Å². The Kier molecular flexibility index (Phi) is 5.07. The molecule has 0 spiro atoms. The minimum absolute atomic E-state index is 0.116. The largest absolute Gasteiger partial charge is 0.472 e. The van der Waals surface area contributed by atoms with Crippen LogP contribution in [0.15, 0.2) is 36.8 Å². The Labute approximate surface area is 166 Å². The Morgan fingerprint density at radius 2 is 1.93 bits per heavy atom. The fourth-order valence-electron chi connectivity index (χ4n) is 5.37. The van der Waals surface area contributed by atoms with E-state index in [9.17, 15) is 0 Å². The molecule has 4 atom stereocenters. The normalized spacial score (nSPS) is 31.6. The molecule has 150 valence electrons. The van der Waals surface area contributed by atoms with Crippen LogP contribution in [0.2, 0.25) is 0 Å². The number of aryl methyl sites for hydroxylation is 1. The highest BCUT2D eigenvalue weighted by molar-refractivity contribution is 5.11. The predicted molar refractivity (Wildman–Crippen MR) is 106 cm³/mol. The molecular formula is C22H30N4O2. The van der Waals surface area contributed by atoms with Crippen LogP contribution in [0, 0.1) is 18.8 Å². The first-order valence-electron chi connectivity index (χ1n) is 10.7. The number of fused-ring (bicyclic) bond motifs is 1. The lowest BCUT2D eigenvalue weighted by molar-refractivity contribution is 0.0399. The van der Waals surface area contributed by atoms with E-state index in [-0.39, 0.29) is 12.1 Å². The fraction of sp³-hybridized carbons (Fsp3) is 0.636. The van der Waals surface area contributed by atoms with Gasteiger partial charge in [0.25, 0.3) is 0 Å². The first-order valence-corrected chi connectivity index (χ1v) is 10.7. The van der Waals surface area contributed by atoms with Crippen molar-refractivity contribution in [3.63, 3.8) is 0 Å². The summed E-state index contributed by atoms with van der Waals surface area (Å²) in [4.78, 5) is 7.13. The van der Waals surface area contributed by atoms with Crippen molar-refractivity contribution in [1.82, 2.24) is 19.7 Å². The van der Waals surface area contributed by atoms with E-state index in [1.54, 1.807) is 6.20 Å². The van der Waals surface area contributed by atoms with Crippen LogP contribution in [-0.4, -0.2) is 58.1 Å². The Morgan fingerprint density at radius 1 is 1.11 bits per heavy atom. The Hall–Kier alpha value is -1.92. The molecule has 0 bridgehead atoms. The Morgan fingerprint density at radius 3 is 2.64 bits per heavy atom. The third kappa shape index (κ3) is 3.67. The number of aromatic nitrogens is 3. The molecule has 0 unspecified atom stereocenters. The van der Waals surface area contributed by atoms with Crippen molar-refractivity contribution in [3.8, 4) is 5.88 Å². The minimum atomic E-state index is 0.116. The zero-order valence-corrected chi connectivity index (χ0v) is 16.6. The average molecular weight is 383 g/mol. The lowest BCUT2D eigenvalue weighted by Crippen LogP contribution is -2.40. The van der Waals surface area contributed by atoms with Crippen molar-refractivity contribution in [2.45, 2.75) is 50.8 Å². The van der Waals surface area contributed by atoms with Gasteiger partial charge in [-0.2, -0.15) is 5.10 Å². The molecule has 0 amide bonds. The maximum Gasteiger partial charge on any atom is 0.213 e. The predicted octanol–water partition coefficient (Wildman–Crippen LogP) is 3.10. The van der Waals surface area contributed by atoms with Crippen LogP contribution in [0.5, 0.6) is 5.88 Å². The van der Waals surface area contributed by atoms with Gasteiger partial charge in [-0.1, -0.05) is 6.07 Å². The molecule has 1 aliphatic carbocycles. The molecule has 3 aliphatic rings. The van der Waals surface area contributed by atoms with Gasteiger partial charge in [0.2, 0.25) is 5.88 Å². The van der Waals surface area contributed by atoms with Crippen molar-refractivity contribution in [2.24, 2.45) is 11.8 Å². The van der Waals surface area contributed by atoms with Crippen LogP contribution in [0.25, 0.3) is 0 Å². The molecule has 28 heavy (non-hydrogen) atoms. The third-order valence-corrected chi connectivity index (χ3v) is 6.80. The van der Waals surface area contributed by atoms with Crippen molar-refractivity contribution in [2.75, 3.05) is 26.3 Å². The van der Waals surface area contributed by atoms with Gasteiger partial charge in [0.1, 0.15) is 6.10 Å². The number of rotatable bonds is 4. The molecule has 4 heterocycles. The molecule has 0 aromatic carbocycles. The quantitative estimate of drug-likeness (QED) is 0.813. The number of hydrogen-bond donors (Lipinski definition) is 0. The van der Waals surface area contributed by atoms with E-state index in [2.05, 4.69) is 32.8 Å². The smallest absolute Gasteiger partial charge is 0.213 e. The third-order valence-electron chi connectivity index (χ3n) is 6.80. The zero-order valence-electron chi connectivity index (χ0n) is 16.6. The van der Waals surface area contributed by atoms with Crippen molar-refractivity contribution < 1.29 is 9.47 Å². The number of nitrogens with zero attached hydrogens (tertiary/aromatic N) is 4. The minimum Gasteiger partial charge on any atom is -0.472 e. The molecule has 0 N–H and O–H groups in total. The summed E-state index contributed by atoms with van der Waals surface area (Å²) in [7, 11) is 0. The van der Waals surface area contributed by atoms with Crippen LogP contribution < -0.4 is 4.74 Å². The van der Waals surface area contributed by atoms with E-state index in [0.29, 0.717) is 12.0 Å². The van der Waals surface area contributed by atoms with E-state index in [1.165, 1.54) is 31.5 Å². The summed E-state index contributed by atoms with van der Waals surface area (Å²) >= 11 is 0. The standard InChI is InChI=1S/C22H30N4O2/c1-16-12-24-26(13-16)20-10-17-14-25(19-5-8-27-9-6-19)15-18(17)11-21(20)28-22-4-2-3-7-23-22/h2-4,7,12-13,17-21H,5-6,8-11,14-15H2,1H3/t17-,18+,20-,21-/m0/s1. The van der Waals surface area contributed by atoms with Crippen LogP contribution >= 0.6 is 0 Å². The molecule has 2 aromatic rings. The van der Waals surface area contributed by atoms with Crippen molar-refractivity contribution in [3.05, 3.63) is 42.4 Å². The zero-order chi connectivity index (χ0) is 18.9. The van der Waals surface area contributed by atoms with Gasteiger partial charge in [-0.05, 0) is 56.1 Å². The van der Waals surface area contributed by atoms with Gasteiger partial charge in [-0.3, -0.25) is 9.58 Å². The van der Waals surface area contributed by atoms with E-state index < -0.39 is 0 Å². The fourth-order valence-corrected chi connectivity index (χ4v) is 5.37. The molecule has 3 fully saturated rings. The van der Waals surface area contributed by atoms with Gasteiger partial charge in [0.05, 0.1) is 12.2 Å². The molecule has 6 heteroatoms. The Balaban J connectivity index is 1.35. The molecule has 0 radical (unpaired) electrons. The van der Waals surface area contributed by atoms with Gasteiger partial charge in [-0.15, -0.1) is 0 Å². The van der Waals surface area contributed by atoms with Crippen LogP contribution in [-0.2, 0) is 4.74 Å². The highest BCUT2D eigenvalue weighted by atomic mass is 16.5. The second-order valence-corrected chi connectivity index (χ2v) is 8.68. The second kappa shape index (κ2) is 7.84. The second-order valence-electron chi connectivity index (χ2n) is 8.68. The van der Waals surface area contributed by atoms with Gasteiger partial charge in [-0.25, -0.2) is 4.98 Å². The number of hydrogen-bond acceptors (Lipinski definition) is 5. The highest BCUT2D eigenvalue weighted by Crippen LogP contribution is 2.43. The number of ether oxygens (including phenoxy) is 2. The van der Waals surface area contributed by atoms with Gasteiger partial charge in [0.15, 0.2) is 0 Å². The summed E-state index contributed by atoms with van der Waals surface area (Å²) in [6.07, 6.45) is 10.6. The molecule has 6 nitrogen and oxygen atoms in total. The number of pyridine rings is 1. The first kappa shape index (κ1) is 18.1. The summed E-state index contributed by atoms with van der Waals surface area (Å²) in [5.74, 6) is 2.14. The number of likely N-dealkylation sites (tertiary alicyclic amines) is 1. The summed E-state index contributed by atoms with van der Waals surface area (Å²) in [5, 5.41) is 4.64. The van der Waals surface area contributed by atoms with Crippen LogP contribution in [0.4, 0.5) is 0 Å². The summed E-state index contributed by atoms with van der Waals surface area (Å²) < 4.78 is 14.1. The van der Waals surface area contributed by atoms with Gasteiger partial charge in [0, 0.05) is 50.8 Å². The molecule has 2 aromatic heterocycles. The van der Waals surface area contributed by atoms with E-state index in [4.69, 9.17) is 9.47 Å². The molecular weight excluding hydrogens is 352 g/mol. The molecule has 2 saturated heterocycles. The average Bonchev–Trinajstić information content (AvgIpc) is 3.34. The van der Waals surface area contributed by atoms with Gasteiger partial charge < -0.3 is 9.47 Å².